The Morgan fingerprint density at radius 3 is 2.52 bits per heavy atom. The van der Waals surface area contributed by atoms with Crippen molar-refractivity contribution in [2.24, 2.45) is 0 Å². The molecule has 0 aliphatic carbocycles. The van der Waals surface area contributed by atoms with E-state index in [0.717, 1.165) is 4.90 Å². The summed E-state index contributed by atoms with van der Waals surface area (Å²) in [7, 11) is 0. The highest BCUT2D eigenvalue weighted by Gasteiger charge is 2.48. The number of ether oxygens (including phenoxy) is 1. The molecule has 3 amide bonds. The number of carbonyl (C=O) groups is 3. The third-order valence-electron chi connectivity index (χ3n) is 3.94. The number of imide groups is 1. The van der Waals surface area contributed by atoms with E-state index in [-0.39, 0.29) is 18.7 Å². The number of hydrogen-bond acceptors (Lipinski definition) is 6. The summed E-state index contributed by atoms with van der Waals surface area (Å²) in [5.41, 5.74) is -1.02. The molecular weight excluding hydrogens is 330 g/mol. The van der Waals surface area contributed by atoms with Gasteiger partial charge < -0.3 is 10.1 Å². The van der Waals surface area contributed by atoms with E-state index in [1.54, 1.807) is 0 Å². The van der Waals surface area contributed by atoms with Gasteiger partial charge in [0.1, 0.15) is 5.54 Å². The first-order chi connectivity index (χ1) is 11.8. The molecule has 1 aliphatic rings. The lowest BCUT2D eigenvalue weighted by atomic mass is 9.92. The van der Waals surface area contributed by atoms with Crippen LogP contribution in [0.2, 0.25) is 0 Å². The standard InChI is InChI=1S/C16H19N3O6/c1-3-10-25-13(20)8-9-18-14(21)16(2,17-15(18)22)11-4-6-12(7-5-11)19(23)24/h4-7H,3,8-10H2,1-2H3,(H,17,22)/t16-/m0/s1. The fourth-order valence-corrected chi connectivity index (χ4v) is 2.50. The number of amides is 3. The van der Waals surface area contributed by atoms with Gasteiger partial charge >= 0.3 is 12.0 Å². The van der Waals surface area contributed by atoms with Crippen LogP contribution in [-0.2, 0) is 19.9 Å². The molecule has 1 atom stereocenters. The number of non-ortho nitro benzene ring substituents is 1. The predicted molar refractivity (Wildman–Crippen MR) is 86.6 cm³/mol. The molecule has 25 heavy (non-hydrogen) atoms. The summed E-state index contributed by atoms with van der Waals surface area (Å²) in [5.74, 6) is -0.999. The molecule has 1 fully saturated rings. The van der Waals surface area contributed by atoms with E-state index in [1.807, 2.05) is 6.92 Å². The van der Waals surface area contributed by atoms with Crippen LogP contribution >= 0.6 is 0 Å². The lowest BCUT2D eigenvalue weighted by Gasteiger charge is -2.22. The van der Waals surface area contributed by atoms with Gasteiger partial charge in [-0.15, -0.1) is 0 Å². The smallest absolute Gasteiger partial charge is 0.325 e. The number of esters is 1. The number of rotatable bonds is 7. The first kappa shape index (κ1) is 18.4. The van der Waals surface area contributed by atoms with Crippen LogP contribution in [0.25, 0.3) is 0 Å². The van der Waals surface area contributed by atoms with Gasteiger partial charge in [0.25, 0.3) is 11.6 Å². The lowest BCUT2D eigenvalue weighted by Crippen LogP contribution is -2.41. The highest BCUT2D eigenvalue weighted by Crippen LogP contribution is 2.30. The van der Waals surface area contributed by atoms with Gasteiger partial charge in [0, 0.05) is 18.7 Å². The van der Waals surface area contributed by atoms with E-state index in [2.05, 4.69) is 5.32 Å². The van der Waals surface area contributed by atoms with Crippen LogP contribution in [0, 0.1) is 10.1 Å². The molecule has 1 aliphatic heterocycles. The minimum Gasteiger partial charge on any atom is -0.466 e. The van der Waals surface area contributed by atoms with Gasteiger partial charge in [-0.05, 0) is 31.0 Å². The highest BCUT2D eigenvalue weighted by atomic mass is 16.6. The molecule has 1 saturated heterocycles. The van der Waals surface area contributed by atoms with Crippen molar-refractivity contribution >= 4 is 23.6 Å². The number of hydrogen-bond donors (Lipinski definition) is 1. The number of nitro benzene ring substituents is 1. The SMILES string of the molecule is CCCOC(=O)CCN1C(=O)N[C@@](C)(c2ccc([N+](=O)[O-])cc2)C1=O. The number of benzene rings is 1. The van der Waals surface area contributed by atoms with Crippen LogP contribution in [0.15, 0.2) is 24.3 Å². The molecule has 1 aromatic carbocycles. The van der Waals surface area contributed by atoms with Crippen LogP contribution < -0.4 is 5.32 Å². The summed E-state index contributed by atoms with van der Waals surface area (Å²) in [6, 6.07) is 4.77. The molecule has 0 bridgehead atoms. The average Bonchev–Trinajstić information content (AvgIpc) is 2.81. The Labute approximate surface area is 144 Å². The molecule has 0 radical (unpaired) electrons. The zero-order valence-electron chi connectivity index (χ0n) is 14.0. The highest BCUT2D eigenvalue weighted by molar-refractivity contribution is 6.07. The van der Waals surface area contributed by atoms with Crippen molar-refractivity contribution in [1.29, 1.82) is 0 Å². The Hall–Kier alpha value is -2.97. The first-order valence-corrected chi connectivity index (χ1v) is 7.84. The molecule has 0 aromatic heterocycles. The van der Waals surface area contributed by atoms with E-state index in [4.69, 9.17) is 4.74 Å². The minimum absolute atomic E-state index is 0.0875. The van der Waals surface area contributed by atoms with Crippen molar-refractivity contribution in [3.8, 4) is 0 Å². The van der Waals surface area contributed by atoms with Crippen LogP contribution in [0.3, 0.4) is 0 Å². The lowest BCUT2D eigenvalue weighted by molar-refractivity contribution is -0.384. The number of urea groups is 1. The molecular formula is C16H19N3O6. The topological polar surface area (TPSA) is 119 Å². The van der Waals surface area contributed by atoms with E-state index in [0.29, 0.717) is 18.6 Å². The van der Waals surface area contributed by atoms with Gasteiger partial charge in [-0.2, -0.15) is 0 Å². The van der Waals surface area contributed by atoms with Gasteiger partial charge in [-0.25, -0.2) is 4.79 Å². The molecule has 134 valence electrons. The fourth-order valence-electron chi connectivity index (χ4n) is 2.50. The van der Waals surface area contributed by atoms with Crippen molar-refractivity contribution in [3.05, 3.63) is 39.9 Å². The Bertz CT molecular complexity index is 702. The number of carbonyl (C=O) groups excluding carboxylic acids is 3. The second-order valence-electron chi connectivity index (χ2n) is 5.79. The van der Waals surface area contributed by atoms with Gasteiger partial charge in [-0.3, -0.25) is 24.6 Å². The van der Waals surface area contributed by atoms with Crippen LogP contribution in [-0.4, -0.2) is 40.9 Å². The van der Waals surface area contributed by atoms with Crippen molar-refractivity contribution in [1.82, 2.24) is 10.2 Å². The monoisotopic (exact) mass is 349 g/mol. The predicted octanol–water partition coefficient (Wildman–Crippen LogP) is 1.71. The summed E-state index contributed by atoms with van der Waals surface area (Å²) < 4.78 is 4.92. The molecule has 1 heterocycles. The maximum Gasteiger partial charge on any atom is 0.325 e. The summed E-state index contributed by atoms with van der Waals surface area (Å²) in [6.07, 6.45) is 0.600. The van der Waals surface area contributed by atoms with Crippen molar-refractivity contribution in [2.75, 3.05) is 13.2 Å². The molecule has 1 aromatic rings. The zero-order chi connectivity index (χ0) is 18.6. The van der Waals surface area contributed by atoms with E-state index < -0.39 is 28.4 Å². The Morgan fingerprint density at radius 2 is 1.96 bits per heavy atom. The number of nitrogens with one attached hydrogen (secondary N) is 1. The Balaban J connectivity index is 2.10. The summed E-state index contributed by atoms with van der Waals surface area (Å²) in [6.45, 7) is 3.58. The maximum absolute atomic E-state index is 12.6. The maximum atomic E-state index is 12.6. The first-order valence-electron chi connectivity index (χ1n) is 7.84. The second-order valence-corrected chi connectivity index (χ2v) is 5.79. The van der Waals surface area contributed by atoms with Crippen LogP contribution in [0.5, 0.6) is 0 Å². The van der Waals surface area contributed by atoms with Gasteiger partial charge in [0.2, 0.25) is 0 Å². The molecule has 0 saturated carbocycles. The average molecular weight is 349 g/mol. The van der Waals surface area contributed by atoms with Crippen molar-refractivity contribution in [3.63, 3.8) is 0 Å². The quantitative estimate of drug-likeness (QED) is 0.346. The summed E-state index contributed by atoms with van der Waals surface area (Å²) in [5, 5.41) is 13.3. The Morgan fingerprint density at radius 1 is 1.32 bits per heavy atom. The Kier molecular flexibility index (Phi) is 5.35. The van der Waals surface area contributed by atoms with E-state index >= 15 is 0 Å². The van der Waals surface area contributed by atoms with Gasteiger partial charge in [-0.1, -0.05) is 6.92 Å². The van der Waals surface area contributed by atoms with E-state index in [1.165, 1.54) is 31.2 Å². The van der Waals surface area contributed by atoms with Crippen molar-refractivity contribution in [2.45, 2.75) is 32.2 Å². The largest absolute Gasteiger partial charge is 0.466 e. The third kappa shape index (κ3) is 3.76. The minimum atomic E-state index is -1.33. The van der Waals surface area contributed by atoms with E-state index in [9.17, 15) is 24.5 Å². The number of nitro groups is 1. The van der Waals surface area contributed by atoms with Crippen molar-refractivity contribution < 1.29 is 24.0 Å². The summed E-state index contributed by atoms with van der Waals surface area (Å²) >= 11 is 0. The fraction of sp³-hybridized carbons (Fsp3) is 0.438. The summed E-state index contributed by atoms with van der Waals surface area (Å²) in [4.78, 5) is 47.4. The second kappa shape index (κ2) is 7.29. The molecule has 9 heteroatoms. The normalized spacial score (nSPS) is 19.7. The molecule has 9 nitrogen and oxygen atoms in total. The number of nitrogens with zero attached hydrogens (tertiary/aromatic N) is 2. The molecule has 0 spiro atoms. The van der Waals surface area contributed by atoms with Gasteiger partial charge in [0.15, 0.2) is 0 Å². The van der Waals surface area contributed by atoms with Crippen LogP contribution in [0.4, 0.5) is 10.5 Å². The molecule has 0 unspecified atom stereocenters. The third-order valence-corrected chi connectivity index (χ3v) is 3.94. The van der Waals surface area contributed by atoms with Crippen LogP contribution in [0.1, 0.15) is 32.3 Å². The zero-order valence-corrected chi connectivity index (χ0v) is 14.0. The van der Waals surface area contributed by atoms with Gasteiger partial charge in [0.05, 0.1) is 18.0 Å². The molecule has 1 N–H and O–H groups in total. The molecule has 2 rings (SSSR count).